The number of hydrogen-bond donors (Lipinski definition) is 0. The lowest BCUT2D eigenvalue weighted by Crippen LogP contribution is -2.45. The van der Waals surface area contributed by atoms with Crippen molar-refractivity contribution in [3.63, 3.8) is 0 Å². The molecule has 1 fully saturated rings. The second-order valence-electron chi connectivity index (χ2n) is 7.08. The zero-order valence-corrected chi connectivity index (χ0v) is 16.8. The van der Waals surface area contributed by atoms with E-state index < -0.39 is 0 Å². The SMILES string of the molecule is Cc1ccc(-n2nccn2)c(C(=O)N2CC[C@H]2c2nc(-c3ccccc3Cl)no2)c1. The number of benzene rings is 2. The third-order valence-electron chi connectivity index (χ3n) is 5.14. The number of aromatic nitrogens is 5. The molecule has 0 radical (unpaired) electrons. The fraction of sp³-hybridized carbons (Fsp3) is 0.190. The molecule has 0 saturated carbocycles. The number of likely N-dealkylation sites (tertiary alicyclic amines) is 1. The van der Waals surface area contributed by atoms with Gasteiger partial charge in [-0.3, -0.25) is 4.79 Å². The van der Waals surface area contributed by atoms with Gasteiger partial charge in [-0.05, 0) is 37.6 Å². The van der Waals surface area contributed by atoms with Crippen LogP contribution >= 0.6 is 11.6 Å². The van der Waals surface area contributed by atoms with Crippen molar-refractivity contribution in [2.45, 2.75) is 19.4 Å². The van der Waals surface area contributed by atoms with E-state index in [9.17, 15) is 4.79 Å². The predicted molar refractivity (Wildman–Crippen MR) is 109 cm³/mol. The Hall–Kier alpha value is -3.52. The van der Waals surface area contributed by atoms with Gasteiger partial charge in [0.15, 0.2) is 0 Å². The summed E-state index contributed by atoms with van der Waals surface area (Å²) in [6.45, 7) is 2.55. The highest BCUT2D eigenvalue weighted by molar-refractivity contribution is 6.33. The first-order valence-electron chi connectivity index (χ1n) is 9.48. The molecule has 0 unspecified atom stereocenters. The minimum Gasteiger partial charge on any atom is -0.337 e. The zero-order valence-electron chi connectivity index (χ0n) is 16.1. The van der Waals surface area contributed by atoms with E-state index in [1.807, 2.05) is 43.3 Å². The number of carbonyl (C=O) groups is 1. The average Bonchev–Trinajstić information content (AvgIpc) is 3.40. The van der Waals surface area contributed by atoms with Crippen molar-refractivity contribution in [2.75, 3.05) is 6.54 Å². The maximum Gasteiger partial charge on any atom is 0.256 e. The molecular weight excluding hydrogens is 404 g/mol. The Kier molecular flexibility index (Phi) is 4.55. The summed E-state index contributed by atoms with van der Waals surface area (Å²) in [5.74, 6) is 0.683. The van der Waals surface area contributed by atoms with Gasteiger partial charge in [0.2, 0.25) is 11.7 Å². The first kappa shape index (κ1) is 18.5. The summed E-state index contributed by atoms with van der Waals surface area (Å²) in [4.78, 5) is 21.0. The Morgan fingerprint density at radius 2 is 1.97 bits per heavy atom. The summed E-state index contributed by atoms with van der Waals surface area (Å²) in [7, 11) is 0. The van der Waals surface area contributed by atoms with Gasteiger partial charge in [0.05, 0.1) is 28.7 Å². The van der Waals surface area contributed by atoms with Gasteiger partial charge in [0, 0.05) is 12.1 Å². The molecular formula is C21H17ClN6O2. The summed E-state index contributed by atoms with van der Waals surface area (Å²) in [6, 6.07) is 12.6. The maximum absolute atomic E-state index is 13.4. The lowest BCUT2D eigenvalue weighted by atomic mass is 9.99. The van der Waals surface area contributed by atoms with Gasteiger partial charge in [0.1, 0.15) is 6.04 Å². The summed E-state index contributed by atoms with van der Waals surface area (Å²) in [5.41, 5.74) is 2.83. The largest absolute Gasteiger partial charge is 0.337 e. The predicted octanol–water partition coefficient (Wildman–Crippen LogP) is 3.87. The standard InChI is InChI=1S/C21H17ClN6O2/c1-13-6-7-17(28-23-9-10-24-28)15(12-13)21(29)27-11-8-18(27)20-25-19(26-30-20)14-4-2-3-5-16(14)22/h2-7,9-10,12,18H,8,11H2,1H3/t18-/m0/s1. The molecule has 1 amide bonds. The first-order valence-corrected chi connectivity index (χ1v) is 9.86. The molecule has 150 valence electrons. The molecule has 4 aromatic rings. The minimum absolute atomic E-state index is 0.125. The molecule has 3 heterocycles. The molecule has 2 aromatic carbocycles. The van der Waals surface area contributed by atoms with E-state index >= 15 is 0 Å². The molecule has 1 aliphatic heterocycles. The van der Waals surface area contributed by atoms with Gasteiger partial charge in [-0.15, -0.1) is 0 Å². The van der Waals surface area contributed by atoms with Crippen molar-refractivity contribution >= 4 is 17.5 Å². The van der Waals surface area contributed by atoms with E-state index in [0.717, 1.165) is 12.0 Å². The third kappa shape index (κ3) is 3.15. The highest BCUT2D eigenvalue weighted by atomic mass is 35.5. The fourth-order valence-corrected chi connectivity index (χ4v) is 3.72. The summed E-state index contributed by atoms with van der Waals surface area (Å²) in [5, 5.41) is 12.9. The van der Waals surface area contributed by atoms with Crippen LogP contribution in [0, 0.1) is 6.92 Å². The Bertz CT molecular complexity index is 1220. The Labute approximate surface area is 177 Å². The monoisotopic (exact) mass is 420 g/mol. The topological polar surface area (TPSA) is 89.9 Å². The molecule has 0 spiro atoms. The van der Waals surface area contributed by atoms with Crippen molar-refractivity contribution in [1.29, 1.82) is 0 Å². The molecule has 5 rings (SSSR count). The molecule has 1 atom stereocenters. The van der Waals surface area contributed by atoms with Gasteiger partial charge < -0.3 is 9.42 Å². The summed E-state index contributed by atoms with van der Waals surface area (Å²) < 4.78 is 5.48. The van der Waals surface area contributed by atoms with Gasteiger partial charge in [0.25, 0.3) is 5.91 Å². The van der Waals surface area contributed by atoms with Gasteiger partial charge in [-0.1, -0.05) is 40.5 Å². The molecule has 0 N–H and O–H groups in total. The van der Waals surface area contributed by atoms with Crippen LogP contribution in [0.3, 0.4) is 0 Å². The smallest absolute Gasteiger partial charge is 0.256 e. The first-order chi connectivity index (χ1) is 14.6. The van der Waals surface area contributed by atoms with E-state index in [1.54, 1.807) is 23.4 Å². The lowest BCUT2D eigenvalue weighted by molar-refractivity contribution is 0.0378. The van der Waals surface area contributed by atoms with Crippen molar-refractivity contribution in [1.82, 2.24) is 30.0 Å². The molecule has 1 saturated heterocycles. The van der Waals surface area contributed by atoms with Crippen molar-refractivity contribution in [3.05, 3.63) is 76.9 Å². The molecule has 9 heteroatoms. The van der Waals surface area contributed by atoms with Crippen LogP contribution in [0.25, 0.3) is 17.1 Å². The van der Waals surface area contributed by atoms with Crippen LogP contribution in [-0.2, 0) is 0 Å². The number of rotatable bonds is 4. The number of nitrogens with zero attached hydrogens (tertiary/aromatic N) is 6. The van der Waals surface area contributed by atoms with Gasteiger partial charge in [-0.25, -0.2) is 0 Å². The molecule has 0 bridgehead atoms. The number of aryl methyl sites for hydroxylation is 1. The van der Waals surface area contributed by atoms with Crippen molar-refractivity contribution < 1.29 is 9.32 Å². The average molecular weight is 421 g/mol. The van der Waals surface area contributed by atoms with Gasteiger partial charge >= 0.3 is 0 Å². The molecule has 2 aromatic heterocycles. The van der Waals surface area contributed by atoms with E-state index in [-0.39, 0.29) is 11.9 Å². The Morgan fingerprint density at radius 1 is 1.17 bits per heavy atom. The normalized spacial score (nSPS) is 15.8. The summed E-state index contributed by atoms with van der Waals surface area (Å²) in [6.07, 6.45) is 3.90. The zero-order chi connectivity index (χ0) is 20.7. The molecule has 8 nitrogen and oxygen atoms in total. The molecule has 0 aliphatic carbocycles. The quantitative estimate of drug-likeness (QED) is 0.498. The van der Waals surface area contributed by atoms with E-state index in [2.05, 4.69) is 20.3 Å². The van der Waals surface area contributed by atoms with Crippen LogP contribution in [0.5, 0.6) is 0 Å². The van der Waals surface area contributed by atoms with Crippen LogP contribution in [0.4, 0.5) is 0 Å². The van der Waals surface area contributed by atoms with Crippen LogP contribution in [0.1, 0.15) is 34.3 Å². The van der Waals surface area contributed by atoms with E-state index in [4.69, 9.17) is 16.1 Å². The van der Waals surface area contributed by atoms with Crippen molar-refractivity contribution in [3.8, 4) is 17.1 Å². The fourth-order valence-electron chi connectivity index (χ4n) is 3.50. The summed E-state index contributed by atoms with van der Waals surface area (Å²) >= 11 is 6.24. The number of halogens is 1. The Morgan fingerprint density at radius 3 is 2.70 bits per heavy atom. The maximum atomic E-state index is 13.4. The lowest BCUT2D eigenvalue weighted by Gasteiger charge is -2.38. The highest BCUT2D eigenvalue weighted by Gasteiger charge is 2.39. The second kappa shape index (κ2) is 7.38. The number of carbonyl (C=O) groups excluding carboxylic acids is 1. The molecule has 30 heavy (non-hydrogen) atoms. The van der Waals surface area contributed by atoms with Crippen LogP contribution in [0.2, 0.25) is 5.02 Å². The Balaban J connectivity index is 1.44. The molecule has 1 aliphatic rings. The van der Waals surface area contributed by atoms with Crippen LogP contribution in [0.15, 0.2) is 59.4 Å². The number of amides is 1. The van der Waals surface area contributed by atoms with Crippen molar-refractivity contribution in [2.24, 2.45) is 0 Å². The highest BCUT2D eigenvalue weighted by Crippen LogP contribution is 2.36. The minimum atomic E-state index is -0.278. The van der Waals surface area contributed by atoms with Gasteiger partial charge in [-0.2, -0.15) is 20.0 Å². The van der Waals surface area contributed by atoms with Crippen LogP contribution < -0.4 is 0 Å². The number of hydrogen-bond acceptors (Lipinski definition) is 6. The second-order valence-corrected chi connectivity index (χ2v) is 7.49. The van der Waals surface area contributed by atoms with E-state index in [1.165, 1.54) is 4.80 Å². The van der Waals surface area contributed by atoms with E-state index in [0.29, 0.717) is 40.1 Å². The van der Waals surface area contributed by atoms with Crippen LogP contribution in [-0.4, -0.2) is 42.5 Å². The third-order valence-corrected chi connectivity index (χ3v) is 5.47.